The van der Waals surface area contributed by atoms with E-state index in [9.17, 15) is 4.79 Å². The Hall–Kier alpha value is -1.81. The highest BCUT2D eigenvalue weighted by molar-refractivity contribution is 5.93. The highest BCUT2D eigenvalue weighted by atomic mass is 16.5. The minimum Gasteiger partial charge on any atom is -0.478 e. The zero-order valence-electron chi connectivity index (χ0n) is 10.7. The van der Waals surface area contributed by atoms with Gasteiger partial charge in [-0.05, 0) is 43.0 Å². The van der Waals surface area contributed by atoms with E-state index in [2.05, 4.69) is 4.57 Å². The number of hydrogen-bond donors (Lipinski definition) is 1. The number of aromatic carboxylic acids is 1. The van der Waals surface area contributed by atoms with E-state index in [-0.39, 0.29) is 0 Å². The van der Waals surface area contributed by atoms with E-state index < -0.39 is 5.97 Å². The summed E-state index contributed by atoms with van der Waals surface area (Å²) >= 11 is 0. The molecule has 1 aromatic carbocycles. The molecule has 0 radical (unpaired) electrons. The van der Waals surface area contributed by atoms with Crippen molar-refractivity contribution in [1.29, 1.82) is 0 Å². The first-order valence-corrected chi connectivity index (χ1v) is 6.64. The molecule has 1 aromatic heterocycles. The second kappa shape index (κ2) is 5.05. The van der Waals surface area contributed by atoms with Crippen LogP contribution in [0, 0.1) is 5.92 Å². The van der Waals surface area contributed by atoms with E-state index in [1.165, 1.54) is 0 Å². The summed E-state index contributed by atoms with van der Waals surface area (Å²) in [5, 5.41) is 9.98. The summed E-state index contributed by atoms with van der Waals surface area (Å²) in [6, 6.07) is 7.29. The van der Waals surface area contributed by atoms with Crippen molar-refractivity contribution in [3.05, 3.63) is 36.0 Å². The zero-order chi connectivity index (χ0) is 13.2. The van der Waals surface area contributed by atoms with Gasteiger partial charge in [0.15, 0.2) is 0 Å². The van der Waals surface area contributed by atoms with E-state index in [0.29, 0.717) is 11.5 Å². The van der Waals surface area contributed by atoms with Gasteiger partial charge in [0.25, 0.3) is 0 Å². The summed E-state index contributed by atoms with van der Waals surface area (Å²) in [6.07, 6.45) is 4.26. The predicted octanol–water partition coefficient (Wildman–Crippen LogP) is 2.77. The van der Waals surface area contributed by atoms with Crippen molar-refractivity contribution in [1.82, 2.24) is 4.57 Å². The molecule has 1 aliphatic rings. The van der Waals surface area contributed by atoms with Crippen LogP contribution in [0.2, 0.25) is 0 Å². The Morgan fingerprint density at radius 2 is 2.11 bits per heavy atom. The predicted molar refractivity (Wildman–Crippen MR) is 72.4 cm³/mol. The second-order valence-corrected chi connectivity index (χ2v) is 5.10. The monoisotopic (exact) mass is 259 g/mol. The van der Waals surface area contributed by atoms with Crippen molar-refractivity contribution in [3.63, 3.8) is 0 Å². The lowest BCUT2D eigenvalue weighted by Crippen LogP contribution is -2.20. The summed E-state index contributed by atoms with van der Waals surface area (Å²) in [5.41, 5.74) is 1.45. The fourth-order valence-corrected chi connectivity index (χ4v) is 2.70. The van der Waals surface area contributed by atoms with Gasteiger partial charge in [0.05, 0.1) is 5.56 Å². The summed E-state index contributed by atoms with van der Waals surface area (Å²) < 4.78 is 7.59. The van der Waals surface area contributed by atoms with Crippen LogP contribution >= 0.6 is 0 Å². The Labute approximate surface area is 111 Å². The van der Waals surface area contributed by atoms with Gasteiger partial charge in [-0.25, -0.2) is 4.79 Å². The van der Waals surface area contributed by atoms with Crippen LogP contribution in [0.25, 0.3) is 10.9 Å². The number of benzene rings is 1. The van der Waals surface area contributed by atoms with Gasteiger partial charge < -0.3 is 14.4 Å². The van der Waals surface area contributed by atoms with Crippen molar-refractivity contribution in [2.24, 2.45) is 5.92 Å². The molecule has 2 heterocycles. The molecule has 2 aromatic rings. The van der Waals surface area contributed by atoms with Crippen molar-refractivity contribution in [2.45, 2.75) is 19.4 Å². The lowest BCUT2D eigenvalue weighted by molar-refractivity contribution is 0.0616. The molecule has 0 atom stereocenters. The summed E-state index contributed by atoms with van der Waals surface area (Å²) in [5.74, 6) is -0.220. The molecule has 0 amide bonds. The molecular weight excluding hydrogens is 242 g/mol. The average Bonchev–Trinajstić information content (AvgIpc) is 2.82. The molecule has 0 unspecified atom stereocenters. The molecule has 0 spiro atoms. The first kappa shape index (κ1) is 12.2. The van der Waals surface area contributed by atoms with E-state index >= 15 is 0 Å². The van der Waals surface area contributed by atoms with Gasteiger partial charge in [-0.3, -0.25) is 0 Å². The Morgan fingerprint density at radius 1 is 1.32 bits per heavy atom. The molecule has 1 aliphatic heterocycles. The second-order valence-electron chi connectivity index (χ2n) is 5.10. The molecule has 0 aliphatic carbocycles. The van der Waals surface area contributed by atoms with Crippen molar-refractivity contribution >= 4 is 16.9 Å². The van der Waals surface area contributed by atoms with Crippen LogP contribution < -0.4 is 0 Å². The highest BCUT2D eigenvalue weighted by Gasteiger charge is 2.15. The SMILES string of the molecule is O=C(O)c1ccc2c(ccn2CC2CCOCC2)c1. The van der Waals surface area contributed by atoms with E-state index in [1.807, 2.05) is 18.3 Å². The molecule has 19 heavy (non-hydrogen) atoms. The normalized spacial score (nSPS) is 16.8. The summed E-state index contributed by atoms with van der Waals surface area (Å²) in [6.45, 7) is 2.69. The summed E-state index contributed by atoms with van der Waals surface area (Å²) in [4.78, 5) is 10.9. The maximum Gasteiger partial charge on any atom is 0.335 e. The highest BCUT2D eigenvalue weighted by Crippen LogP contribution is 2.22. The lowest BCUT2D eigenvalue weighted by Gasteiger charge is -2.22. The molecule has 4 nitrogen and oxygen atoms in total. The zero-order valence-corrected chi connectivity index (χ0v) is 10.7. The van der Waals surface area contributed by atoms with Gasteiger partial charge in [0.2, 0.25) is 0 Å². The van der Waals surface area contributed by atoms with Crippen LogP contribution in [-0.2, 0) is 11.3 Å². The number of carboxylic acids is 1. The van der Waals surface area contributed by atoms with Gasteiger partial charge in [0, 0.05) is 36.9 Å². The van der Waals surface area contributed by atoms with Crippen LogP contribution in [-0.4, -0.2) is 28.9 Å². The summed E-state index contributed by atoms with van der Waals surface area (Å²) in [7, 11) is 0. The fraction of sp³-hybridized carbons (Fsp3) is 0.400. The van der Waals surface area contributed by atoms with E-state index in [4.69, 9.17) is 9.84 Å². The third-order valence-electron chi connectivity index (χ3n) is 3.81. The molecular formula is C15H17NO3. The third kappa shape index (κ3) is 2.49. The Bertz CT molecular complexity index is 596. The average molecular weight is 259 g/mol. The number of carbonyl (C=O) groups is 1. The molecule has 100 valence electrons. The Balaban J connectivity index is 1.86. The Morgan fingerprint density at radius 3 is 2.84 bits per heavy atom. The number of rotatable bonds is 3. The number of carboxylic acid groups (broad SMARTS) is 1. The smallest absolute Gasteiger partial charge is 0.335 e. The molecule has 0 bridgehead atoms. The largest absolute Gasteiger partial charge is 0.478 e. The van der Waals surface area contributed by atoms with Gasteiger partial charge in [-0.15, -0.1) is 0 Å². The van der Waals surface area contributed by atoms with Crippen molar-refractivity contribution in [3.8, 4) is 0 Å². The lowest BCUT2D eigenvalue weighted by atomic mass is 10.0. The van der Waals surface area contributed by atoms with Crippen LogP contribution in [0.1, 0.15) is 23.2 Å². The molecule has 1 saturated heterocycles. The quantitative estimate of drug-likeness (QED) is 0.922. The van der Waals surface area contributed by atoms with Crippen molar-refractivity contribution in [2.75, 3.05) is 13.2 Å². The van der Waals surface area contributed by atoms with Crippen LogP contribution in [0.4, 0.5) is 0 Å². The van der Waals surface area contributed by atoms with Crippen LogP contribution in [0.5, 0.6) is 0 Å². The first-order chi connectivity index (χ1) is 9.24. The number of fused-ring (bicyclic) bond motifs is 1. The molecule has 1 N–H and O–H groups in total. The maximum absolute atomic E-state index is 10.9. The molecule has 0 saturated carbocycles. The fourth-order valence-electron chi connectivity index (χ4n) is 2.70. The standard InChI is InChI=1S/C15H17NO3/c17-15(18)13-1-2-14-12(9-13)3-6-16(14)10-11-4-7-19-8-5-11/h1-3,6,9,11H,4-5,7-8,10H2,(H,17,18). The topological polar surface area (TPSA) is 51.5 Å². The minimum atomic E-state index is -0.876. The number of hydrogen-bond acceptors (Lipinski definition) is 2. The van der Waals surface area contributed by atoms with Crippen LogP contribution in [0.3, 0.4) is 0 Å². The van der Waals surface area contributed by atoms with E-state index in [1.54, 1.807) is 12.1 Å². The Kier molecular flexibility index (Phi) is 3.25. The van der Waals surface area contributed by atoms with Gasteiger partial charge >= 0.3 is 5.97 Å². The van der Waals surface area contributed by atoms with Gasteiger partial charge in [0.1, 0.15) is 0 Å². The van der Waals surface area contributed by atoms with Gasteiger partial charge in [-0.2, -0.15) is 0 Å². The maximum atomic E-state index is 10.9. The third-order valence-corrected chi connectivity index (χ3v) is 3.81. The minimum absolute atomic E-state index is 0.344. The van der Waals surface area contributed by atoms with Crippen molar-refractivity contribution < 1.29 is 14.6 Å². The van der Waals surface area contributed by atoms with Crippen LogP contribution in [0.15, 0.2) is 30.5 Å². The first-order valence-electron chi connectivity index (χ1n) is 6.64. The molecule has 4 heteroatoms. The number of nitrogens with zero attached hydrogens (tertiary/aromatic N) is 1. The molecule has 3 rings (SSSR count). The van der Waals surface area contributed by atoms with E-state index in [0.717, 1.165) is 43.5 Å². The number of ether oxygens (including phenoxy) is 1. The number of aromatic nitrogens is 1. The molecule has 1 fully saturated rings. The van der Waals surface area contributed by atoms with Gasteiger partial charge in [-0.1, -0.05) is 0 Å².